The van der Waals surface area contributed by atoms with Crippen LogP contribution in [0.15, 0.2) is 224 Å². The molecule has 1 spiro atoms. The number of nitrogens with zero attached hydrogens (tertiary/aromatic N) is 1. The topological polar surface area (TPSA) is 3.24 Å². The summed E-state index contributed by atoms with van der Waals surface area (Å²) in [5.41, 5.74) is 20.6. The summed E-state index contributed by atoms with van der Waals surface area (Å²) in [6.07, 6.45) is 0. The molecule has 0 saturated heterocycles. The molecule has 0 N–H and O–H groups in total. The lowest BCUT2D eigenvalue weighted by molar-refractivity contribution is 0.794. The normalized spacial score (nSPS) is 14.5. The molecule has 1 nitrogen and oxygen atoms in total. The first-order valence-corrected chi connectivity index (χ1v) is 19.4. The summed E-state index contributed by atoms with van der Waals surface area (Å²) in [6, 6.07) is 82.5. The third-order valence-electron chi connectivity index (χ3n) is 11.9. The first kappa shape index (κ1) is 32.2. The van der Waals surface area contributed by atoms with Crippen LogP contribution in [0, 0.1) is 0 Å². The Morgan fingerprint density at radius 2 is 0.661 bits per heavy atom. The van der Waals surface area contributed by atoms with Crippen LogP contribution in [0.4, 0.5) is 17.1 Å². The maximum Gasteiger partial charge on any atom is 0.0726 e. The Morgan fingerprint density at radius 3 is 1.29 bits per heavy atom. The highest BCUT2D eigenvalue weighted by atomic mass is 15.1. The summed E-state index contributed by atoms with van der Waals surface area (Å²) in [5, 5.41) is 0. The Labute approximate surface area is 328 Å². The van der Waals surface area contributed by atoms with Gasteiger partial charge >= 0.3 is 0 Å². The SMILES string of the molecule is c1ccc(-c2ccc(N(c3ccc4c(c3)C3(c5ccccc5-c5ccc(-c6ccccc6)cc53)c3ccccc3-4)c3ccccc3-c3ccccc3)cc2)cc1. The predicted octanol–water partition coefficient (Wildman–Crippen LogP) is 14.5. The van der Waals surface area contributed by atoms with Crippen molar-refractivity contribution in [1.82, 2.24) is 0 Å². The predicted molar refractivity (Wildman–Crippen MR) is 234 cm³/mol. The molecule has 1 unspecified atom stereocenters. The summed E-state index contributed by atoms with van der Waals surface area (Å²) in [6.45, 7) is 0. The van der Waals surface area contributed by atoms with Crippen LogP contribution in [0.2, 0.25) is 0 Å². The lowest BCUT2D eigenvalue weighted by Gasteiger charge is -2.33. The molecular formula is C55H37N. The molecule has 0 bridgehead atoms. The van der Waals surface area contributed by atoms with Crippen LogP contribution in [0.3, 0.4) is 0 Å². The van der Waals surface area contributed by atoms with E-state index in [4.69, 9.17) is 0 Å². The van der Waals surface area contributed by atoms with Crippen LogP contribution < -0.4 is 4.90 Å². The smallest absolute Gasteiger partial charge is 0.0726 e. The monoisotopic (exact) mass is 711 g/mol. The van der Waals surface area contributed by atoms with Crippen LogP contribution in [-0.4, -0.2) is 0 Å². The van der Waals surface area contributed by atoms with Crippen molar-refractivity contribution in [2.45, 2.75) is 5.41 Å². The van der Waals surface area contributed by atoms with Gasteiger partial charge in [0.25, 0.3) is 0 Å². The van der Waals surface area contributed by atoms with Crippen molar-refractivity contribution in [3.8, 4) is 55.6 Å². The van der Waals surface area contributed by atoms with Crippen molar-refractivity contribution in [3.63, 3.8) is 0 Å². The molecule has 1 atom stereocenters. The van der Waals surface area contributed by atoms with Crippen molar-refractivity contribution < 1.29 is 0 Å². The lowest BCUT2D eigenvalue weighted by Crippen LogP contribution is -2.26. The second-order valence-electron chi connectivity index (χ2n) is 14.8. The maximum absolute atomic E-state index is 2.49. The van der Waals surface area contributed by atoms with E-state index in [-0.39, 0.29) is 0 Å². The van der Waals surface area contributed by atoms with Gasteiger partial charge in [-0.3, -0.25) is 0 Å². The number of benzene rings is 9. The first-order chi connectivity index (χ1) is 27.8. The third-order valence-corrected chi connectivity index (χ3v) is 11.9. The Hall–Kier alpha value is -7.22. The van der Waals surface area contributed by atoms with E-state index >= 15 is 0 Å². The van der Waals surface area contributed by atoms with Gasteiger partial charge < -0.3 is 4.90 Å². The summed E-state index contributed by atoms with van der Waals surface area (Å²) in [4.78, 5) is 2.45. The van der Waals surface area contributed by atoms with Gasteiger partial charge in [0.1, 0.15) is 0 Å². The van der Waals surface area contributed by atoms with E-state index in [9.17, 15) is 0 Å². The largest absolute Gasteiger partial charge is 0.310 e. The number of rotatable bonds is 6. The average Bonchev–Trinajstić information content (AvgIpc) is 3.74. The average molecular weight is 712 g/mol. The number of hydrogen-bond acceptors (Lipinski definition) is 1. The van der Waals surface area contributed by atoms with Crippen molar-refractivity contribution in [2.75, 3.05) is 4.90 Å². The van der Waals surface area contributed by atoms with Gasteiger partial charge in [-0.1, -0.05) is 188 Å². The molecule has 0 radical (unpaired) electrons. The third kappa shape index (κ3) is 4.88. The minimum atomic E-state index is -0.486. The molecule has 0 fully saturated rings. The van der Waals surface area contributed by atoms with Crippen molar-refractivity contribution >= 4 is 17.1 Å². The first-order valence-electron chi connectivity index (χ1n) is 19.4. The zero-order valence-electron chi connectivity index (χ0n) is 30.8. The van der Waals surface area contributed by atoms with E-state index in [1.807, 2.05) is 0 Å². The summed E-state index contributed by atoms with van der Waals surface area (Å²) in [5.74, 6) is 0. The van der Waals surface area contributed by atoms with E-state index in [1.165, 1.54) is 77.9 Å². The molecule has 0 saturated carbocycles. The summed E-state index contributed by atoms with van der Waals surface area (Å²) < 4.78 is 0. The van der Waals surface area contributed by atoms with Gasteiger partial charge in [-0.15, -0.1) is 0 Å². The highest BCUT2D eigenvalue weighted by Gasteiger charge is 2.52. The van der Waals surface area contributed by atoms with E-state index in [1.54, 1.807) is 0 Å². The second-order valence-corrected chi connectivity index (χ2v) is 14.8. The fourth-order valence-corrected chi connectivity index (χ4v) is 9.47. The van der Waals surface area contributed by atoms with Gasteiger partial charge in [-0.05, 0) is 109 Å². The molecule has 2 aliphatic carbocycles. The Kier molecular flexibility index (Phi) is 7.47. The Bertz CT molecular complexity index is 2880. The van der Waals surface area contributed by atoms with Crippen LogP contribution in [0.25, 0.3) is 55.6 Å². The van der Waals surface area contributed by atoms with Gasteiger partial charge in [0, 0.05) is 16.9 Å². The highest BCUT2D eigenvalue weighted by Crippen LogP contribution is 2.63. The highest BCUT2D eigenvalue weighted by molar-refractivity contribution is 5.98. The van der Waals surface area contributed by atoms with Crippen molar-refractivity contribution in [2.24, 2.45) is 0 Å². The molecule has 56 heavy (non-hydrogen) atoms. The van der Waals surface area contributed by atoms with Gasteiger partial charge in [-0.2, -0.15) is 0 Å². The van der Waals surface area contributed by atoms with E-state index < -0.39 is 5.41 Å². The lowest BCUT2D eigenvalue weighted by atomic mass is 9.70. The summed E-state index contributed by atoms with van der Waals surface area (Å²) in [7, 11) is 0. The fraction of sp³-hybridized carbons (Fsp3) is 0.0182. The van der Waals surface area contributed by atoms with E-state index in [0.29, 0.717) is 0 Å². The molecular weight excluding hydrogens is 675 g/mol. The number of hydrogen-bond donors (Lipinski definition) is 0. The van der Waals surface area contributed by atoms with Gasteiger partial charge in [-0.25, -0.2) is 0 Å². The maximum atomic E-state index is 2.49. The molecule has 9 aromatic carbocycles. The van der Waals surface area contributed by atoms with Crippen LogP contribution in [0.5, 0.6) is 0 Å². The van der Waals surface area contributed by atoms with Gasteiger partial charge in [0.05, 0.1) is 11.1 Å². The minimum Gasteiger partial charge on any atom is -0.310 e. The molecule has 0 amide bonds. The molecule has 0 aliphatic heterocycles. The number of para-hydroxylation sites is 1. The van der Waals surface area contributed by atoms with E-state index in [0.717, 1.165) is 17.1 Å². The zero-order chi connectivity index (χ0) is 37.1. The van der Waals surface area contributed by atoms with Crippen molar-refractivity contribution in [1.29, 1.82) is 0 Å². The van der Waals surface area contributed by atoms with Crippen LogP contribution >= 0.6 is 0 Å². The molecule has 2 aliphatic rings. The van der Waals surface area contributed by atoms with E-state index in [2.05, 4.69) is 229 Å². The minimum absolute atomic E-state index is 0.486. The summed E-state index contributed by atoms with van der Waals surface area (Å²) >= 11 is 0. The molecule has 9 aromatic rings. The Morgan fingerprint density at radius 1 is 0.250 bits per heavy atom. The number of anilines is 3. The molecule has 0 aromatic heterocycles. The van der Waals surface area contributed by atoms with Gasteiger partial charge in [0.2, 0.25) is 0 Å². The number of fused-ring (bicyclic) bond motifs is 10. The van der Waals surface area contributed by atoms with Crippen LogP contribution in [-0.2, 0) is 5.41 Å². The molecule has 1 heteroatoms. The fourth-order valence-electron chi connectivity index (χ4n) is 9.47. The molecule has 262 valence electrons. The zero-order valence-corrected chi connectivity index (χ0v) is 30.8. The van der Waals surface area contributed by atoms with Crippen molar-refractivity contribution in [3.05, 3.63) is 247 Å². The quantitative estimate of drug-likeness (QED) is 0.166. The van der Waals surface area contributed by atoms with Gasteiger partial charge in [0.15, 0.2) is 0 Å². The molecule has 11 rings (SSSR count). The van der Waals surface area contributed by atoms with Crippen LogP contribution in [0.1, 0.15) is 22.3 Å². The second kappa shape index (κ2) is 13.0. The molecule has 0 heterocycles. The standard InChI is InChI=1S/C55H37N/c1-4-16-38(17-5-1)40-28-31-43(32-29-40)56(54-27-15-12-22-45(54)41-20-8-3-9-21-41)44-33-35-49-47-24-11-14-26-51(47)55(53(49)37-44)50-25-13-10-23-46(50)48-34-30-42(36-52(48)55)39-18-6-2-7-19-39/h1-37H. The Balaban J connectivity index is 1.17.